The molecule has 1 fully saturated rings. The van der Waals surface area contributed by atoms with Crippen molar-refractivity contribution in [3.8, 4) is 0 Å². The number of nitrogens with one attached hydrogen (secondary N) is 1. The minimum atomic E-state index is -0.104. The number of benzene rings is 1. The van der Waals surface area contributed by atoms with Crippen LogP contribution in [-0.2, 0) is 0 Å². The Kier molecular flexibility index (Phi) is 2.85. The summed E-state index contributed by atoms with van der Waals surface area (Å²) in [4.78, 5) is 12.5. The zero-order valence-corrected chi connectivity index (χ0v) is 10.3. The molecule has 1 aromatic rings. The average molecular weight is 217 g/mol. The van der Waals surface area contributed by atoms with Gasteiger partial charge in [0.25, 0.3) is 0 Å². The summed E-state index contributed by atoms with van der Waals surface area (Å²) in [5.74, 6) is 0.322. The summed E-state index contributed by atoms with van der Waals surface area (Å²) in [6, 6.07) is 6.12. The number of hydrogen-bond donors (Lipinski definition) is 1. The van der Waals surface area contributed by atoms with Crippen molar-refractivity contribution < 1.29 is 4.79 Å². The van der Waals surface area contributed by atoms with Gasteiger partial charge in [-0.25, -0.2) is 0 Å². The van der Waals surface area contributed by atoms with Crippen LogP contribution in [0.1, 0.15) is 34.3 Å². The fraction of sp³-hybridized carbons (Fsp3) is 0.500. The fourth-order valence-corrected chi connectivity index (χ4v) is 2.24. The lowest BCUT2D eigenvalue weighted by Gasteiger charge is -2.15. The topological polar surface area (TPSA) is 29.1 Å². The molecule has 0 atom stereocenters. The fourth-order valence-electron chi connectivity index (χ4n) is 2.24. The summed E-state index contributed by atoms with van der Waals surface area (Å²) in [7, 11) is 1.91. The van der Waals surface area contributed by atoms with Crippen LogP contribution in [0.4, 0.5) is 0 Å². The molecule has 2 rings (SSSR count). The van der Waals surface area contributed by atoms with Crippen LogP contribution in [0.2, 0.25) is 0 Å². The molecular weight excluding hydrogens is 198 g/mol. The molecule has 0 saturated heterocycles. The molecule has 2 nitrogen and oxygen atoms in total. The number of Topliss-reactive ketones (excluding diaryl/α,β-unsaturated/α-hetero) is 1. The molecule has 0 aliphatic heterocycles. The second kappa shape index (κ2) is 4.02. The molecule has 0 radical (unpaired) electrons. The normalized spacial score (nSPS) is 17.2. The van der Waals surface area contributed by atoms with Gasteiger partial charge in [0.1, 0.15) is 0 Å². The van der Waals surface area contributed by atoms with Crippen LogP contribution in [0.25, 0.3) is 0 Å². The van der Waals surface area contributed by atoms with Gasteiger partial charge in [-0.2, -0.15) is 0 Å². The molecular formula is C14H19NO. The number of carbonyl (C=O) groups excluding carboxylic acids is 1. The Morgan fingerprint density at radius 3 is 2.62 bits per heavy atom. The van der Waals surface area contributed by atoms with Gasteiger partial charge in [-0.15, -0.1) is 0 Å². The van der Waals surface area contributed by atoms with Crippen molar-refractivity contribution in [1.29, 1.82) is 0 Å². The zero-order chi connectivity index (χ0) is 11.8. The van der Waals surface area contributed by atoms with Crippen LogP contribution < -0.4 is 5.32 Å². The van der Waals surface area contributed by atoms with Gasteiger partial charge in [-0.3, -0.25) is 4.79 Å². The molecule has 0 aromatic heterocycles. The highest BCUT2D eigenvalue weighted by atomic mass is 16.1. The van der Waals surface area contributed by atoms with Crippen molar-refractivity contribution >= 4 is 5.78 Å². The predicted octanol–water partition coefficient (Wildman–Crippen LogP) is 2.49. The van der Waals surface area contributed by atoms with Gasteiger partial charge in [-0.1, -0.05) is 17.7 Å². The molecule has 0 bridgehead atoms. The van der Waals surface area contributed by atoms with Gasteiger partial charge in [0.05, 0.1) is 0 Å². The van der Waals surface area contributed by atoms with E-state index in [9.17, 15) is 4.79 Å². The average Bonchev–Trinajstić information content (AvgIpc) is 3.02. The third-order valence-electron chi connectivity index (χ3n) is 3.49. The Labute approximate surface area is 97.1 Å². The molecule has 0 unspecified atom stereocenters. The van der Waals surface area contributed by atoms with E-state index in [-0.39, 0.29) is 5.41 Å². The Morgan fingerprint density at radius 2 is 2.06 bits per heavy atom. The predicted molar refractivity (Wildman–Crippen MR) is 65.8 cm³/mol. The lowest BCUT2D eigenvalue weighted by molar-refractivity contribution is 0.0899. The van der Waals surface area contributed by atoms with Gasteiger partial charge < -0.3 is 5.32 Å². The SMILES string of the molecule is CNCC1(C(=O)c2cc(C)ccc2C)CC1. The minimum Gasteiger partial charge on any atom is -0.319 e. The molecule has 86 valence electrons. The second-order valence-electron chi connectivity index (χ2n) is 4.96. The maximum absolute atomic E-state index is 12.5. The van der Waals surface area contributed by atoms with Crippen LogP contribution in [0.3, 0.4) is 0 Å². The van der Waals surface area contributed by atoms with E-state index in [4.69, 9.17) is 0 Å². The lowest BCUT2D eigenvalue weighted by atomic mass is 9.91. The number of rotatable bonds is 4. The first kappa shape index (κ1) is 11.3. The number of aryl methyl sites for hydroxylation is 2. The van der Waals surface area contributed by atoms with E-state index in [1.165, 1.54) is 0 Å². The molecule has 1 aromatic carbocycles. The largest absolute Gasteiger partial charge is 0.319 e. The van der Waals surface area contributed by atoms with Crippen LogP contribution in [0, 0.1) is 19.3 Å². The van der Waals surface area contributed by atoms with E-state index in [1.807, 2.05) is 33.0 Å². The maximum Gasteiger partial charge on any atom is 0.170 e. The Hall–Kier alpha value is -1.15. The number of hydrogen-bond acceptors (Lipinski definition) is 2. The highest BCUT2D eigenvalue weighted by Gasteiger charge is 2.49. The van der Waals surface area contributed by atoms with Gasteiger partial charge in [0, 0.05) is 17.5 Å². The number of carbonyl (C=O) groups is 1. The van der Waals surface area contributed by atoms with Crippen LogP contribution in [0.15, 0.2) is 18.2 Å². The first-order valence-electron chi connectivity index (χ1n) is 5.86. The van der Waals surface area contributed by atoms with Crippen molar-refractivity contribution in [2.24, 2.45) is 5.41 Å². The van der Waals surface area contributed by atoms with Crippen LogP contribution in [0.5, 0.6) is 0 Å². The number of ketones is 1. The van der Waals surface area contributed by atoms with E-state index in [0.29, 0.717) is 5.78 Å². The van der Waals surface area contributed by atoms with Crippen molar-refractivity contribution in [2.75, 3.05) is 13.6 Å². The molecule has 1 aliphatic rings. The first-order valence-corrected chi connectivity index (χ1v) is 5.86. The van der Waals surface area contributed by atoms with Crippen molar-refractivity contribution in [2.45, 2.75) is 26.7 Å². The molecule has 0 spiro atoms. The lowest BCUT2D eigenvalue weighted by Crippen LogP contribution is -2.28. The van der Waals surface area contributed by atoms with Crippen molar-refractivity contribution in [3.63, 3.8) is 0 Å². The Morgan fingerprint density at radius 1 is 1.38 bits per heavy atom. The summed E-state index contributed by atoms with van der Waals surface area (Å²) in [6.45, 7) is 4.86. The van der Waals surface area contributed by atoms with Crippen molar-refractivity contribution in [3.05, 3.63) is 34.9 Å². The highest BCUT2D eigenvalue weighted by molar-refractivity contribution is 6.03. The van der Waals surface area contributed by atoms with E-state index in [1.54, 1.807) is 0 Å². The molecule has 0 heterocycles. The molecule has 1 saturated carbocycles. The van der Waals surface area contributed by atoms with Crippen LogP contribution >= 0.6 is 0 Å². The molecule has 1 N–H and O–H groups in total. The smallest absolute Gasteiger partial charge is 0.170 e. The van der Waals surface area contributed by atoms with Gasteiger partial charge in [0.15, 0.2) is 5.78 Å². The minimum absolute atomic E-state index is 0.104. The summed E-state index contributed by atoms with van der Waals surface area (Å²) in [6.07, 6.45) is 2.06. The summed E-state index contributed by atoms with van der Waals surface area (Å²) in [5, 5.41) is 3.13. The Balaban J connectivity index is 2.30. The highest BCUT2D eigenvalue weighted by Crippen LogP contribution is 2.48. The first-order chi connectivity index (χ1) is 7.59. The van der Waals surface area contributed by atoms with Gasteiger partial charge in [-0.05, 0) is 45.4 Å². The van der Waals surface area contributed by atoms with E-state index < -0.39 is 0 Å². The zero-order valence-electron chi connectivity index (χ0n) is 10.3. The summed E-state index contributed by atoms with van der Waals surface area (Å²) < 4.78 is 0. The summed E-state index contributed by atoms with van der Waals surface area (Å²) in [5.41, 5.74) is 3.06. The van der Waals surface area contributed by atoms with Gasteiger partial charge in [0.2, 0.25) is 0 Å². The molecule has 16 heavy (non-hydrogen) atoms. The summed E-state index contributed by atoms with van der Waals surface area (Å²) >= 11 is 0. The van der Waals surface area contributed by atoms with E-state index in [2.05, 4.69) is 11.4 Å². The third kappa shape index (κ3) is 1.90. The Bertz CT molecular complexity index is 419. The van der Waals surface area contributed by atoms with Crippen LogP contribution in [-0.4, -0.2) is 19.4 Å². The molecule has 2 heteroatoms. The quantitative estimate of drug-likeness (QED) is 0.785. The van der Waals surface area contributed by atoms with Crippen molar-refractivity contribution in [1.82, 2.24) is 5.32 Å². The third-order valence-corrected chi connectivity index (χ3v) is 3.49. The second-order valence-corrected chi connectivity index (χ2v) is 4.96. The van der Waals surface area contributed by atoms with E-state index >= 15 is 0 Å². The molecule has 0 amide bonds. The van der Waals surface area contributed by atoms with E-state index in [0.717, 1.165) is 36.1 Å². The maximum atomic E-state index is 12.5. The standard InChI is InChI=1S/C14H19NO/c1-10-4-5-11(2)12(8-10)13(16)14(6-7-14)9-15-3/h4-5,8,15H,6-7,9H2,1-3H3. The monoisotopic (exact) mass is 217 g/mol. The molecule has 1 aliphatic carbocycles. The van der Waals surface area contributed by atoms with Gasteiger partial charge >= 0.3 is 0 Å².